The zero-order valence-electron chi connectivity index (χ0n) is 16.5. The maximum Gasteiger partial charge on any atom is 0.230 e. The number of nitrogens with one attached hydrogen (secondary N) is 1. The summed E-state index contributed by atoms with van der Waals surface area (Å²) in [5.74, 6) is 0.513. The van der Waals surface area contributed by atoms with E-state index >= 15 is 0 Å². The second kappa shape index (κ2) is 7.61. The molecule has 5 heteroatoms. The maximum atomic E-state index is 12.3. The van der Waals surface area contributed by atoms with Gasteiger partial charge in [0.15, 0.2) is 0 Å². The molecule has 1 aromatic carbocycles. The number of pyridine rings is 1. The molecule has 0 fully saturated rings. The van der Waals surface area contributed by atoms with Crippen molar-refractivity contribution < 1.29 is 4.79 Å². The number of hydrogen-bond donors (Lipinski definition) is 1. The van der Waals surface area contributed by atoms with Crippen molar-refractivity contribution in [3.8, 4) is 21.7 Å². The van der Waals surface area contributed by atoms with Gasteiger partial charge in [-0.25, -0.2) is 9.97 Å². The summed E-state index contributed by atoms with van der Waals surface area (Å²) in [7, 11) is 0. The normalized spacial score (nSPS) is 11.4. The molecular formula is C22H25N3OS. The van der Waals surface area contributed by atoms with Crippen LogP contribution in [0.4, 0.5) is 5.82 Å². The molecule has 1 N–H and O–H groups in total. The van der Waals surface area contributed by atoms with Crippen molar-refractivity contribution in [2.45, 2.75) is 41.0 Å². The van der Waals surface area contributed by atoms with Gasteiger partial charge in [-0.2, -0.15) is 0 Å². The lowest BCUT2D eigenvalue weighted by molar-refractivity contribution is -0.123. The van der Waals surface area contributed by atoms with Crippen LogP contribution in [0.5, 0.6) is 0 Å². The van der Waals surface area contributed by atoms with Crippen LogP contribution in [-0.4, -0.2) is 15.9 Å². The van der Waals surface area contributed by atoms with Gasteiger partial charge in [0, 0.05) is 17.2 Å². The van der Waals surface area contributed by atoms with Gasteiger partial charge in [-0.05, 0) is 37.1 Å². The highest BCUT2D eigenvalue weighted by molar-refractivity contribution is 7.15. The van der Waals surface area contributed by atoms with Crippen molar-refractivity contribution in [2.75, 3.05) is 5.32 Å². The highest BCUT2D eigenvalue weighted by Crippen LogP contribution is 2.38. The van der Waals surface area contributed by atoms with Gasteiger partial charge in [0.05, 0.1) is 15.6 Å². The lowest BCUT2D eigenvalue weighted by Gasteiger charge is -2.17. The molecule has 0 bridgehead atoms. The topological polar surface area (TPSA) is 54.9 Å². The molecule has 3 rings (SSSR count). The van der Waals surface area contributed by atoms with Crippen molar-refractivity contribution >= 4 is 23.1 Å². The molecule has 1 amide bonds. The van der Waals surface area contributed by atoms with Crippen molar-refractivity contribution in [1.29, 1.82) is 0 Å². The van der Waals surface area contributed by atoms with E-state index in [9.17, 15) is 4.79 Å². The number of amides is 1. The quantitative estimate of drug-likeness (QED) is 0.630. The molecule has 0 radical (unpaired) electrons. The number of carbonyl (C=O) groups excluding carboxylic acids is 1. The first kappa shape index (κ1) is 19.2. The number of rotatable bonds is 4. The average molecular weight is 380 g/mol. The van der Waals surface area contributed by atoms with Crippen molar-refractivity contribution in [3.05, 3.63) is 53.2 Å². The molecule has 0 unspecified atom stereocenters. The number of nitrogens with zero attached hydrogens (tertiary/aromatic N) is 2. The zero-order valence-corrected chi connectivity index (χ0v) is 17.3. The number of benzene rings is 1. The maximum absolute atomic E-state index is 12.3. The van der Waals surface area contributed by atoms with Crippen molar-refractivity contribution in [2.24, 2.45) is 5.41 Å². The van der Waals surface area contributed by atoms with Crippen LogP contribution in [0.15, 0.2) is 42.6 Å². The van der Waals surface area contributed by atoms with Gasteiger partial charge >= 0.3 is 0 Å². The third kappa shape index (κ3) is 4.42. The Hall–Kier alpha value is -2.53. The van der Waals surface area contributed by atoms with Gasteiger partial charge in [0.25, 0.3) is 0 Å². The number of aryl methyl sites for hydroxylation is 2. The largest absolute Gasteiger partial charge is 0.310 e. The Bertz CT molecular complexity index is 970. The Morgan fingerprint density at radius 3 is 2.59 bits per heavy atom. The Labute approximate surface area is 164 Å². The summed E-state index contributed by atoms with van der Waals surface area (Å²) in [6.45, 7) is 9.86. The van der Waals surface area contributed by atoms with Gasteiger partial charge in [-0.1, -0.05) is 51.5 Å². The molecule has 140 valence electrons. The van der Waals surface area contributed by atoms with Crippen LogP contribution in [0.1, 0.15) is 38.3 Å². The van der Waals surface area contributed by atoms with Crippen LogP contribution in [0.2, 0.25) is 0 Å². The number of carbonyl (C=O) groups is 1. The van der Waals surface area contributed by atoms with Crippen molar-refractivity contribution in [3.63, 3.8) is 0 Å². The first-order valence-electron chi connectivity index (χ1n) is 9.12. The second-order valence-corrected chi connectivity index (χ2v) is 8.73. The van der Waals surface area contributed by atoms with E-state index in [2.05, 4.69) is 48.4 Å². The lowest BCUT2D eigenvalue weighted by Crippen LogP contribution is -2.27. The molecule has 27 heavy (non-hydrogen) atoms. The molecule has 0 saturated carbocycles. The van der Waals surface area contributed by atoms with E-state index in [0.29, 0.717) is 5.82 Å². The van der Waals surface area contributed by atoms with E-state index in [-0.39, 0.29) is 5.91 Å². The Kier molecular flexibility index (Phi) is 5.42. The van der Waals surface area contributed by atoms with Crippen LogP contribution in [0.25, 0.3) is 21.7 Å². The molecule has 0 aliphatic rings. The highest BCUT2D eigenvalue weighted by atomic mass is 32.1. The first-order valence-corrected chi connectivity index (χ1v) is 9.94. The van der Waals surface area contributed by atoms with E-state index in [0.717, 1.165) is 33.1 Å². The minimum atomic E-state index is -0.468. The summed E-state index contributed by atoms with van der Waals surface area (Å²) in [5.41, 5.74) is 3.85. The summed E-state index contributed by atoms with van der Waals surface area (Å²) in [4.78, 5) is 22.6. The standard InChI is InChI=1S/C22H25N3OS/c1-6-18-25-19(15-9-7-8-14(2)12-15)20(27-18)16-10-11-23-17(13-16)24-21(26)22(3,4)5/h7-13H,6H2,1-5H3,(H,23,24,26). The first-order chi connectivity index (χ1) is 12.8. The molecule has 2 aromatic heterocycles. The van der Waals surface area contributed by atoms with Crippen LogP contribution < -0.4 is 5.32 Å². The fourth-order valence-corrected chi connectivity index (χ4v) is 3.67. The molecular weight excluding hydrogens is 354 g/mol. The lowest BCUT2D eigenvalue weighted by atomic mass is 9.96. The van der Waals surface area contributed by atoms with Crippen molar-refractivity contribution in [1.82, 2.24) is 9.97 Å². The summed E-state index contributed by atoms with van der Waals surface area (Å²) in [5, 5.41) is 4.01. The predicted molar refractivity (Wildman–Crippen MR) is 113 cm³/mol. The Morgan fingerprint density at radius 1 is 1.15 bits per heavy atom. The van der Waals surface area contributed by atoms with E-state index in [1.54, 1.807) is 17.5 Å². The molecule has 0 aliphatic heterocycles. The highest BCUT2D eigenvalue weighted by Gasteiger charge is 2.22. The molecule has 2 heterocycles. The number of thiazole rings is 1. The molecule has 0 atom stereocenters. The fourth-order valence-electron chi connectivity index (χ4n) is 2.64. The van der Waals surface area contributed by atoms with Gasteiger partial charge in [-0.3, -0.25) is 4.79 Å². The fraction of sp³-hybridized carbons (Fsp3) is 0.318. The summed E-state index contributed by atoms with van der Waals surface area (Å²) < 4.78 is 0. The third-order valence-corrected chi connectivity index (χ3v) is 5.46. The molecule has 0 saturated heterocycles. The van der Waals surface area contributed by atoms with Crippen LogP contribution >= 0.6 is 11.3 Å². The number of anilines is 1. The van der Waals surface area contributed by atoms with Crippen LogP contribution in [-0.2, 0) is 11.2 Å². The molecule has 4 nitrogen and oxygen atoms in total. The van der Waals surface area contributed by atoms with Gasteiger partial charge in [0.2, 0.25) is 5.91 Å². The average Bonchev–Trinajstić information content (AvgIpc) is 3.06. The van der Waals surface area contributed by atoms with Crippen LogP contribution in [0.3, 0.4) is 0 Å². The van der Waals surface area contributed by atoms with E-state index in [1.165, 1.54) is 5.56 Å². The smallest absolute Gasteiger partial charge is 0.230 e. The summed E-state index contributed by atoms with van der Waals surface area (Å²) >= 11 is 1.69. The van der Waals surface area contributed by atoms with Gasteiger partial charge in [0.1, 0.15) is 5.82 Å². The van der Waals surface area contributed by atoms with E-state index < -0.39 is 5.41 Å². The monoisotopic (exact) mass is 379 g/mol. The Balaban J connectivity index is 2.03. The van der Waals surface area contributed by atoms with Gasteiger partial charge in [-0.15, -0.1) is 11.3 Å². The Morgan fingerprint density at radius 2 is 1.93 bits per heavy atom. The van der Waals surface area contributed by atoms with E-state index in [4.69, 9.17) is 4.98 Å². The molecule has 3 aromatic rings. The summed E-state index contributed by atoms with van der Waals surface area (Å²) in [6, 6.07) is 12.3. The summed E-state index contributed by atoms with van der Waals surface area (Å²) in [6.07, 6.45) is 2.63. The molecule has 0 spiro atoms. The number of aromatic nitrogens is 2. The van der Waals surface area contributed by atoms with Crippen LogP contribution in [0, 0.1) is 12.3 Å². The SMILES string of the molecule is CCc1nc(-c2cccc(C)c2)c(-c2ccnc(NC(=O)C(C)(C)C)c2)s1. The van der Waals surface area contributed by atoms with Gasteiger partial charge < -0.3 is 5.32 Å². The number of hydrogen-bond acceptors (Lipinski definition) is 4. The minimum Gasteiger partial charge on any atom is -0.310 e. The third-order valence-electron chi connectivity index (χ3n) is 4.21. The molecule has 0 aliphatic carbocycles. The minimum absolute atomic E-state index is 0.0513. The zero-order chi connectivity index (χ0) is 19.6. The van der Waals surface area contributed by atoms with E-state index in [1.807, 2.05) is 32.9 Å². The predicted octanol–water partition coefficient (Wildman–Crippen LogP) is 5.73. The second-order valence-electron chi connectivity index (χ2n) is 7.64.